The molecule has 1 aliphatic carbocycles. The van der Waals surface area contributed by atoms with E-state index in [0.29, 0.717) is 0 Å². The van der Waals surface area contributed by atoms with Crippen LogP contribution in [0.25, 0.3) is 0 Å². The van der Waals surface area contributed by atoms with Gasteiger partial charge >= 0.3 is 11.9 Å². The molecule has 0 aliphatic heterocycles. The van der Waals surface area contributed by atoms with Crippen molar-refractivity contribution in [3.05, 3.63) is 43.4 Å². The lowest BCUT2D eigenvalue weighted by Gasteiger charge is -2.19. The number of benzene rings is 1. The van der Waals surface area contributed by atoms with Crippen LogP contribution in [-0.2, 0) is 19.3 Å². The Bertz CT molecular complexity index is 764. The zero-order valence-corrected chi connectivity index (χ0v) is 15.2. The van der Waals surface area contributed by atoms with Crippen LogP contribution >= 0.6 is 46.4 Å². The van der Waals surface area contributed by atoms with E-state index in [4.69, 9.17) is 46.4 Å². The van der Waals surface area contributed by atoms with Crippen LogP contribution in [0.15, 0.2) is 22.5 Å². The van der Waals surface area contributed by atoms with Gasteiger partial charge in [0, 0.05) is 25.0 Å². The first kappa shape index (κ1) is 18.7. The third-order valence-electron chi connectivity index (χ3n) is 2.72. The SMILES string of the molecule is CC(=O)ON=C1C=CC(=NOC(C)=O)c2c(Cl)c(Cl)c(Cl)c(Cl)c21. The van der Waals surface area contributed by atoms with Crippen molar-refractivity contribution in [3.63, 3.8) is 0 Å². The monoisotopic (exact) mass is 408 g/mol. The van der Waals surface area contributed by atoms with Gasteiger partial charge in [0.1, 0.15) is 11.4 Å². The van der Waals surface area contributed by atoms with E-state index in [0.717, 1.165) is 0 Å². The van der Waals surface area contributed by atoms with Gasteiger partial charge in [0.25, 0.3) is 0 Å². The molecule has 1 aromatic carbocycles. The molecular weight excluding hydrogens is 402 g/mol. The lowest BCUT2D eigenvalue weighted by molar-refractivity contribution is -0.141. The molecule has 1 aromatic rings. The highest BCUT2D eigenvalue weighted by Crippen LogP contribution is 2.43. The van der Waals surface area contributed by atoms with Gasteiger partial charge in [-0.15, -0.1) is 0 Å². The van der Waals surface area contributed by atoms with E-state index < -0.39 is 11.9 Å². The molecule has 0 heterocycles. The summed E-state index contributed by atoms with van der Waals surface area (Å²) in [5.74, 6) is -1.25. The van der Waals surface area contributed by atoms with Crippen molar-refractivity contribution in [2.24, 2.45) is 10.3 Å². The van der Waals surface area contributed by atoms with Crippen molar-refractivity contribution in [2.75, 3.05) is 0 Å². The van der Waals surface area contributed by atoms with E-state index >= 15 is 0 Å². The maximum absolute atomic E-state index is 11.0. The summed E-state index contributed by atoms with van der Waals surface area (Å²) < 4.78 is 0. The number of nitrogens with zero attached hydrogens (tertiary/aromatic N) is 2. The van der Waals surface area contributed by atoms with Crippen molar-refractivity contribution < 1.29 is 19.3 Å². The van der Waals surface area contributed by atoms with E-state index in [1.807, 2.05) is 0 Å². The van der Waals surface area contributed by atoms with Crippen molar-refractivity contribution in [2.45, 2.75) is 13.8 Å². The third-order valence-corrected chi connectivity index (χ3v) is 4.53. The van der Waals surface area contributed by atoms with Gasteiger partial charge in [0.05, 0.1) is 20.1 Å². The van der Waals surface area contributed by atoms with Crippen LogP contribution in [0.1, 0.15) is 25.0 Å². The average molecular weight is 410 g/mol. The van der Waals surface area contributed by atoms with Crippen molar-refractivity contribution in [1.82, 2.24) is 0 Å². The standard InChI is InChI=1S/C14H8Cl4N2O4/c1-5(21)23-19-7-3-4-8(20-24-6(2)22)10-9(7)11(15)13(17)14(18)12(10)16/h3-4H,1-2H3. The summed E-state index contributed by atoms with van der Waals surface area (Å²) in [6.07, 6.45) is 2.89. The molecule has 126 valence electrons. The highest BCUT2D eigenvalue weighted by Gasteiger charge is 2.28. The minimum absolute atomic E-state index is 0.000236. The molecule has 0 aromatic heterocycles. The fourth-order valence-corrected chi connectivity index (χ4v) is 2.86. The number of carbonyl (C=O) groups excluding carboxylic acids is 2. The molecule has 24 heavy (non-hydrogen) atoms. The molecular formula is C14H8Cl4N2O4. The predicted octanol–water partition coefficient (Wildman–Crippen LogP) is 4.40. The summed E-state index contributed by atoms with van der Waals surface area (Å²) >= 11 is 24.6. The Morgan fingerprint density at radius 3 is 1.38 bits per heavy atom. The summed E-state index contributed by atoms with van der Waals surface area (Å²) in [4.78, 5) is 31.2. The Kier molecular flexibility index (Phi) is 5.87. The van der Waals surface area contributed by atoms with Gasteiger partial charge in [0.15, 0.2) is 0 Å². The maximum Gasteiger partial charge on any atom is 0.332 e. The molecule has 0 radical (unpaired) electrons. The Morgan fingerprint density at radius 1 is 0.750 bits per heavy atom. The molecule has 1 aliphatic rings. The van der Waals surface area contributed by atoms with Gasteiger partial charge in [-0.25, -0.2) is 9.59 Å². The molecule has 10 heteroatoms. The fourth-order valence-electron chi connectivity index (χ4n) is 1.82. The van der Waals surface area contributed by atoms with Crippen LogP contribution in [0.5, 0.6) is 0 Å². The minimum atomic E-state index is -0.626. The molecule has 0 amide bonds. The normalized spacial score (nSPS) is 16.2. The molecule has 0 fully saturated rings. The van der Waals surface area contributed by atoms with Gasteiger partial charge in [-0.2, -0.15) is 0 Å². The largest absolute Gasteiger partial charge is 0.332 e. The minimum Gasteiger partial charge on any atom is -0.318 e. The van der Waals surface area contributed by atoms with Crippen LogP contribution < -0.4 is 0 Å². The van der Waals surface area contributed by atoms with Crippen LogP contribution in [0, 0.1) is 0 Å². The molecule has 6 nitrogen and oxygen atoms in total. The zero-order chi connectivity index (χ0) is 18.0. The van der Waals surface area contributed by atoms with Gasteiger partial charge in [-0.3, -0.25) is 0 Å². The van der Waals surface area contributed by atoms with Gasteiger partial charge < -0.3 is 9.68 Å². The first-order valence-corrected chi connectivity index (χ1v) is 7.81. The smallest absolute Gasteiger partial charge is 0.318 e. The molecule has 0 unspecified atom stereocenters. The molecule has 0 N–H and O–H groups in total. The van der Waals surface area contributed by atoms with Crippen LogP contribution in [-0.4, -0.2) is 23.4 Å². The number of hydrogen-bond acceptors (Lipinski definition) is 6. The topological polar surface area (TPSA) is 77.3 Å². The first-order valence-electron chi connectivity index (χ1n) is 6.30. The third kappa shape index (κ3) is 3.72. The highest BCUT2D eigenvalue weighted by atomic mass is 35.5. The van der Waals surface area contributed by atoms with Crippen LogP contribution in [0.2, 0.25) is 20.1 Å². The zero-order valence-electron chi connectivity index (χ0n) is 12.2. The van der Waals surface area contributed by atoms with Crippen LogP contribution in [0.4, 0.5) is 0 Å². The first-order chi connectivity index (χ1) is 11.2. The average Bonchev–Trinajstić information content (AvgIpc) is 2.53. The van der Waals surface area contributed by atoms with Crippen molar-refractivity contribution >= 4 is 69.8 Å². The van der Waals surface area contributed by atoms with Gasteiger partial charge in [0.2, 0.25) is 0 Å². The summed E-state index contributed by atoms with van der Waals surface area (Å²) in [5.41, 5.74) is 0.830. The Labute approximate surface area is 156 Å². The number of halogens is 4. The summed E-state index contributed by atoms with van der Waals surface area (Å²) in [6.45, 7) is 2.38. The molecule has 0 saturated carbocycles. The number of carbonyl (C=O) groups is 2. The fraction of sp³-hybridized carbons (Fsp3) is 0.143. The van der Waals surface area contributed by atoms with E-state index in [1.54, 1.807) is 0 Å². The number of fused-ring (bicyclic) bond motifs is 1. The number of rotatable bonds is 2. The Balaban J connectivity index is 2.74. The Hall–Kier alpha value is -1.60. The number of hydrogen-bond donors (Lipinski definition) is 0. The molecule has 0 bridgehead atoms. The summed E-state index contributed by atoms with van der Waals surface area (Å²) in [6, 6.07) is 0. The second-order valence-electron chi connectivity index (χ2n) is 4.46. The molecule has 0 spiro atoms. The molecule has 2 rings (SSSR count). The Morgan fingerprint density at radius 2 is 1.08 bits per heavy atom. The van der Waals surface area contributed by atoms with Gasteiger partial charge in [-0.05, 0) is 12.2 Å². The van der Waals surface area contributed by atoms with Crippen molar-refractivity contribution in [3.8, 4) is 0 Å². The van der Waals surface area contributed by atoms with Crippen molar-refractivity contribution in [1.29, 1.82) is 0 Å². The van der Waals surface area contributed by atoms with E-state index in [-0.39, 0.29) is 42.6 Å². The quantitative estimate of drug-likeness (QED) is 0.314. The van der Waals surface area contributed by atoms with Gasteiger partial charge in [-0.1, -0.05) is 56.7 Å². The highest BCUT2D eigenvalue weighted by molar-refractivity contribution is 6.55. The molecule has 0 saturated heterocycles. The van der Waals surface area contributed by atoms with E-state index in [9.17, 15) is 9.59 Å². The lowest BCUT2D eigenvalue weighted by atomic mass is 9.93. The van der Waals surface area contributed by atoms with E-state index in [1.165, 1.54) is 26.0 Å². The van der Waals surface area contributed by atoms with E-state index in [2.05, 4.69) is 20.0 Å². The predicted molar refractivity (Wildman–Crippen MR) is 92.2 cm³/mol. The summed E-state index contributed by atoms with van der Waals surface area (Å²) in [5, 5.41) is 7.47. The second kappa shape index (κ2) is 7.53. The maximum atomic E-state index is 11.0. The number of oxime groups is 2. The molecule has 0 atom stereocenters. The number of allylic oxidation sites excluding steroid dienone is 2. The van der Waals surface area contributed by atoms with Crippen LogP contribution in [0.3, 0.4) is 0 Å². The lowest BCUT2D eigenvalue weighted by Crippen LogP contribution is -2.17. The second-order valence-corrected chi connectivity index (χ2v) is 5.97. The summed E-state index contributed by atoms with van der Waals surface area (Å²) in [7, 11) is 0.